The molecule has 1 heterocycles. The molecule has 1 aromatic rings. The lowest BCUT2D eigenvalue weighted by Crippen LogP contribution is -2.45. The molecule has 110 valence electrons. The van der Waals surface area contributed by atoms with E-state index in [1.165, 1.54) is 12.3 Å². The van der Waals surface area contributed by atoms with Gasteiger partial charge in [0.2, 0.25) is 0 Å². The Morgan fingerprint density at radius 1 is 1.40 bits per heavy atom. The first-order valence-corrected chi connectivity index (χ1v) is 7.28. The van der Waals surface area contributed by atoms with E-state index in [9.17, 15) is 9.59 Å². The molecule has 1 aromatic heterocycles. The first kappa shape index (κ1) is 14.8. The number of carbonyl (C=O) groups excluding carboxylic acids is 1. The molecule has 0 radical (unpaired) electrons. The quantitative estimate of drug-likeness (QED) is 0.877. The third-order valence-corrected chi connectivity index (χ3v) is 4.07. The number of amides is 1. The molecule has 1 aliphatic rings. The fourth-order valence-electron chi connectivity index (χ4n) is 2.88. The number of nitrogens with two attached hydrogens (primary N) is 1. The Balaban J connectivity index is 2.18. The molecule has 2 rings (SSSR count). The van der Waals surface area contributed by atoms with Gasteiger partial charge in [-0.05, 0) is 39.5 Å². The molecule has 1 aliphatic carbocycles. The highest BCUT2D eigenvalue weighted by Crippen LogP contribution is 2.23. The molecule has 3 N–H and O–H groups in total. The fraction of sp³-hybridized carbons (Fsp3) is 0.600. The molecule has 0 aromatic carbocycles. The van der Waals surface area contributed by atoms with Gasteiger partial charge in [-0.2, -0.15) is 0 Å². The van der Waals surface area contributed by atoms with Crippen LogP contribution in [0.5, 0.6) is 0 Å². The lowest BCUT2D eigenvalue weighted by Gasteiger charge is -2.35. The molecule has 0 saturated heterocycles. The smallest absolute Gasteiger partial charge is 0.259 e. The van der Waals surface area contributed by atoms with Gasteiger partial charge >= 0.3 is 0 Å². The zero-order valence-corrected chi connectivity index (χ0v) is 12.2. The minimum Gasteiger partial charge on any atom is -0.364 e. The SMILES string of the molecule is CCN(C(=O)c1c[nH]c(C)cc1=O)C1CCC(N)CC1. The Labute approximate surface area is 119 Å². The normalized spacial score (nSPS) is 22.6. The van der Waals surface area contributed by atoms with Crippen molar-refractivity contribution in [3.8, 4) is 0 Å². The Morgan fingerprint density at radius 3 is 2.60 bits per heavy atom. The van der Waals surface area contributed by atoms with E-state index >= 15 is 0 Å². The van der Waals surface area contributed by atoms with Crippen LogP contribution in [0.2, 0.25) is 0 Å². The third-order valence-electron chi connectivity index (χ3n) is 4.07. The van der Waals surface area contributed by atoms with Gasteiger partial charge in [-0.3, -0.25) is 9.59 Å². The topological polar surface area (TPSA) is 79.2 Å². The third kappa shape index (κ3) is 3.10. The highest BCUT2D eigenvalue weighted by Gasteiger charge is 2.28. The van der Waals surface area contributed by atoms with Gasteiger partial charge in [-0.1, -0.05) is 0 Å². The second-order valence-corrected chi connectivity index (χ2v) is 5.55. The van der Waals surface area contributed by atoms with E-state index in [0.29, 0.717) is 6.54 Å². The number of hydrogen-bond acceptors (Lipinski definition) is 3. The van der Waals surface area contributed by atoms with E-state index in [0.717, 1.165) is 31.4 Å². The highest BCUT2D eigenvalue weighted by molar-refractivity contribution is 5.94. The van der Waals surface area contributed by atoms with Crippen LogP contribution < -0.4 is 11.2 Å². The summed E-state index contributed by atoms with van der Waals surface area (Å²) in [5, 5.41) is 0. The number of carbonyl (C=O) groups is 1. The van der Waals surface area contributed by atoms with Crippen molar-refractivity contribution in [2.24, 2.45) is 5.73 Å². The number of aryl methyl sites for hydroxylation is 1. The molecule has 1 saturated carbocycles. The number of rotatable bonds is 3. The number of aromatic nitrogens is 1. The Kier molecular flexibility index (Phi) is 4.60. The number of H-pyrrole nitrogens is 1. The molecule has 1 amide bonds. The van der Waals surface area contributed by atoms with Crippen molar-refractivity contribution >= 4 is 5.91 Å². The second kappa shape index (κ2) is 6.22. The van der Waals surface area contributed by atoms with E-state index in [4.69, 9.17) is 5.73 Å². The summed E-state index contributed by atoms with van der Waals surface area (Å²) in [5.41, 5.74) is 6.69. The zero-order valence-electron chi connectivity index (χ0n) is 12.2. The van der Waals surface area contributed by atoms with Gasteiger partial charge in [0.1, 0.15) is 5.56 Å². The number of nitrogens with zero attached hydrogens (tertiary/aromatic N) is 1. The van der Waals surface area contributed by atoms with E-state index in [1.54, 1.807) is 6.92 Å². The summed E-state index contributed by atoms with van der Waals surface area (Å²) in [4.78, 5) is 29.3. The minimum atomic E-state index is -0.211. The van der Waals surface area contributed by atoms with Crippen LogP contribution >= 0.6 is 0 Å². The summed E-state index contributed by atoms with van der Waals surface area (Å²) < 4.78 is 0. The summed E-state index contributed by atoms with van der Waals surface area (Å²) in [6.07, 6.45) is 5.25. The van der Waals surface area contributed by atoms with Crippen molar-refractivity contribution in [1.29, 1.82) is 0 Å². The van der Waals surface area contributed by atoms with Crippen LogP contribution in [0.3, 0.4) is 0 Å². The molecule has 0 aliphatic heterocycles. The van der Waals surface area contributed by atoms with E-state index in [-0.39, 0.29) is 29.0 Å². The predicted octanol–water partition coefficient (Wildman–Crippen LogP) is 1.42. The molecule has 0 spiro atoms. The molecule has 0 unspecified atom stereocenters. The molecular formula is C15H23N3O2. The van der Waals surface area contributed by atoms with Crippen molar-refractivity contribution in [1.82, 2.24) is 9.88 Å². The van der Waals surface area contributed by atoms with Crippen molar-refractivity contribution in [2.75, 3.05) is 6.54 Å². The lowest BCUT2D eigenvalue weighted by atomic mass is 9.90. The van der Waals surface area contributed by atoms with Gasteiger partial charge in [-0.25, -0.2) is 0 Å². The number of hydrogen-bond donors (Lipinski definition) is 2. The molecule has 5 nitrogen and oxygen atoms in total. The van der Waals surface area contributed by atoms with E-state index < -0.39 is 0 Å². The molecular weight excluding hydrogens is 254 g/mol. The number of aromatic amines is 1. The summed E-state index contributed by atoms with van der Waals surface area (Å²) in [7, 11) is 0. The summed E-state index contributed by atoms with van der Waals surface area (Å²) in [5.74, 6) is -0.172. The summed E-state index contributed by atoms with van der Waals surface area (Å²) in [6.45, 7) is 4.37. The van der Waals surface area contributed by atoms with Crippen LogP contribution in [0.15, 0.2) is 17.1 Å². The van der Waals surface area contributed by atoms with Gasteiger partial charge in [0.15, 0.2) is 5.43 Å². The Bertz CT molecular complexity index is 530. The van der Waals surface area contributed by atoms with E-state index in [2.05, 4.69) is 4.98 Å². The van der Waals surface area contributed by atoms with Crippen LogP contribution in [0, 0.1) is 6.92 Å². The molecule has 20 heavy (non-hydrogen) atoms. The average molecular weight is 277 g/mol. The number of pyridine rings is 1. The monoisotopic (exact) mass is 277 g/mol. The van der Waals surface area contributed by atoms with Crippen molar-refractivity contribution in [2.45, 2.75) is 51.6 Å². The summed E-state index contributed by atoms with van der Waals surface area (Å²) >= 11 is 0. The highest BCUT2D eigenvalue weighted by atomic mass is 16.2. The average Bonchev–Trinajstić information content (AvgIpc) is 2.41. The first-order chi connectivity index (χ1) is 9.52. The standard InChI is InChI=1S/C15H23N3O2/c1-3-18(12-6-4-11(16)5-7-12)15(20)13-9-17-10(2)8-14(13)19/h8-9,11-12H,3-7,16H2,1-2H3,(H,17,19). The van der Waals surface area contributed by atoms with Crippen LogP contribution in [-0.4, -0.2) is 34.4 Å². The maximum absolute atomic E-state index is 12.6. The van der Waals surface area contributed by atoms with Crippen LogP contribution in [-0.2, 0) is 0 Å². The molecule has 0 atom stereocenters. The Morgan fingerprint density at radius 2 is 2.05 bits per heavy atom. The minimum absolute atomic E-state index is 0.172. The molecule has 1 fully saturated rings. The van der Waals surface area contributed by atoms with Crippen LogP contribution in [0.1, 0.15) is 48.7 Å². The largest absolute Gasteiger partial charge is 0.364 e. The zero-order chi connectivity index (χ0) is 14.7. The Hall–Kier alpha value is -1.62. The maximum atomic E-state index is 12.6. The lowest BCUT2D eigenvalue weighted by molar-refractivity contribution is 0.0639. The van der Waals surface area contributed by atoms with Crippen molar-refractivity contribution < 1.29 is 4.79 Å². The fourth-order valence-corrected chi connectivity index (χ4v) is 2.88. The summed E-state index contributed by atoms with van der Waals surface area (Å²) in [6, 6.07) is 1.92. The molecule has 5 heteroatoms. The van der Waals surface area contributed by atoms with E-state index in [1.807, 2.05) is 11.8 Å². The first-order valence-electron chi connectivity index (χ1n) is 7.28. The van der Waals surface area contributed by atoms with Gasteiger partial charge in [0.25, 0.3) is 5.91 Å². The van der Waals surface area contributed by atoms with Gasteiger partial charge in [0.05, 0.1) is 0 Å². The van der Waals surface area contributed by atoms with Gasteiger partial charge in [-0.15, -0.1) is 0 Å². The van der Waals surface area contributed by atoms with Crippen LogP contribution in [0.4, 0.5) is 0 Å². The predicted molar refractivity (Wildman–Crippen MR) is 78.7 cm³/mol. The van der Waals surface area contributed by atoms with Crippen molar-refractivity contribution in [3.05, 3.63) is 33.7 Å². The van der Waals surface area contributed by atoms with Gasteiger partial charge in [0, 0.05) is 36.6 Å². The van der Waals surface area contributed by atoms with Gasteiger partial charge < -0.3 is 15.6 Å². The van der Waals surface area contributed by atoms with Crippen molar-refractivity contribution in [3.63, 3.8) is 0 Å². The number of nitrogens with one attached hydrogen (secondary N) is 1. The second-order valence-electron chi connectivity index (χ2n) is 5.55. The van der Waals surface area contributed by atoms with Crippen LogP contribution in [0.25, 0.3) is 0 Å². The maximum Gasteiger partial charge on any atom is 0.259 e. The molecule has 0 bridgehead atoms.